The summed E-state index contributed by atoms with van der Waals surface area (Å²) in [6, 6.07) is 11.0. The van der Waals surface area contributed by atoms with Crippen molar-refractivity contribution in [1.82, 2.24) is 14.8 Å². The van der Waals surface area contributed by atoms with Crippen molar-refractivity contribution >= 4 is 10.0 Å². The van der Waals surface area contributed by atoms with Crippen LogP contribution in [0.4, 0.5) is 4.39 Å². The summed E-state index contributed by atoms with van der Waals surface area (Å²) >= 11 is 0. The highest BCUT2D eigenvalue weighted by Crippen LogP contribution is 2.21. The van der Waals surface area contributed by atoms with Crippen LogP contribution in [0.1, 0.15) is 22.8 Å². The van der Waals surface area contributed by atoms with E-state index in [1.807, 2.05) is 31.2 Å². The molecule has 0 bridgehead atoms. The second kappa shape index (κ2) is 6.94. The number of primary sulfonamides is 1. The molecule has 0 saturated carbocycles. The molecule has 0 fully saturated rings. The Bertz CT molecular complexity index is 1060. The molecular formula is C17H17FN4O3S. The fraction of sp³-hybridized carbons (Fsp3) is 0.176. The van der Waals surface area contributed by atoms with Gasteiger partial charge < -0.3 is 5.11 Å². The lowest BCUT2D eigenvalue weighted by molar-refractivity contribution is 0.271. The van der Waals surface area contributed by atoms with Crippen LogP contribution in [0, 0.1) is 12.7 Å². The summed E-state index contributed by atoms with van der Waals surface area (Å²) in [7, 11) is -4.01. The highest BCUT2D eigenvalue weighted by Gasteiger charge is 2.18. The van der Waals surface area contributed by atoms with E-state index in [4.69, 9.17) is 5.14 Å². The van der Waals surface area contributed by atoms with Crippen molar-refractivity contribution < 1.29 is 17.9 Å². The molecule has 0 amide bonds. The topological polar surface area (TPSA) is 111 Å². The molecule has 0 aliphatic heterocycles. The second-order valence-corrected chi connectivity index (χ2v) is 7.34. The highest BCUT2D eigenvalue weighted by atomic mass is 32.2. The van der Waals surface area contributed by atoms with E-state index in [0.29, 0.717) is 12.2 Å². The van der Waals surface area contributed by atoms with Crippen LogP contribution in [0.5, 0.6) is 0 Å². The minimum atomic E-state index is -4.01. The lowest BCUT2D eigenvalue weighted by atomic mass is 10.1. The van der Waals surface area contributed by atoms with Gasteiger partial charge in [-0.1, -0.05) is 24.3 Å². The van der Waals surface area contributed by atoms with Crippen LogP contribution in [-0.2, 0) is 23.1 Å². The fourth-order valence-corrected chi connectivity index (χ4v) is 3.11. The Morgan fingerprint density at radius 1 is 1.23 bits per heavy atom. The number of rotatable bonds is 5. The maximum Gasteiger partial charge on any atom is 0.238 e. The van der Waals surface area contributed by atoms with Gasteiger partial charge in [-0.2, -0.15) is 0 Å². The molecule has 26 heavy (non-hydrogen) atoms. The van der Waals surface area contributed by atoms with Gasteiger partial charge in [-0.15, -0.1) is 5.10 Å². The molecule has 0 radical (unpaired) electrons. The fourth-order valence-electron chi connectivity index (χ4n) is 2.58. The lowest BCUT2D eigenvalue weighted by Crippen LogP contribution is -2.13. The Labute approximate surface area is 150 Å². The third-order valence-corrected chi connectivity index (χ3v) is 4.86. The largest absolute Gasteiger partial charge is 0.388 e. The maximum atomic E-state index is 14.5. The van der Waals surface area contributed by atoms with Gasteiger partial charge in [0.05, 0.1) is 4.90 Å². The van der Waals surface area contributed by atoms with E-state index in [-0.39, 0.29) is 16.4 Å². The van der Waals surface area contributed by atoms with Gasteiger partial charge >= 0.3 is 0 Å². The van der Waals surface area contributed by atoms with E-state index < -0.39 is 22.4 Å². The van der Waals surface area contributed by atoms with Crippen molar-refractivity contribution in [3.8, 4) is 5.69 Å². The minimum absolute atomic E-state index is 0.0215. The smallest absolute Gasteiger partial charge is 0.238 e. The summed E-state index contributed by atoms with van der Waals surface area (Å²) in [6.07, 6.45) is 0.371. The monoisotopic (exact) mass is 376 g/mol. The predicted molar refractivity (Wildman–Crippen MR) is 92.6 cm³/mol. The number of halogens is 1. The van der Waals surface area contributed by atoms with Gasteiger partial charge in [-0.3, -0.25) is 0 Å². The number of aromatic nitrogens is 3. The number of aliphatic hydroxyl groups excluding tert-OH is 1. The molecule has 0 aliphatic carbocycles. The average Bonchev–Trinajstić information content (AvgIpc) is 2.99. The van der Waals surface area contributed by atoms with E-state index in [1.54, 1.807) is 0 Å². The molecule has 0 atom stereocenters. The van der Waals surface area contributed by atoms with Gasteiger partial charge in [-0.05, 0) is 36.2 Å². The molecule has 136 valence electrons. The molecule has 1 aromatic heterocycles. The molecule has 2 aromatic carbocycles. The zero-order valence-electron chi connectivity index (χ0n) is 13.9. The van der Waals surface area contributed by atoms with Crippen molar-refractivity contribution in [3.63, 3.8) is 0 Å². The first kappa shape index (κ1) is 18.2. The van der Waals surface area contributed by atoms with E-state index in [0.717, 1.165) is 17.2 Å². The number of nitrogens with two attached hydrogens (primary N) is 1. The molecule has 3 aromatic rings. The van der Waals surface area contributed by atoms with E-state index in [9.17, 15) is 17.9 Å². The lowest BCUT2D eigenvalue weighted by Gasteiger charge is -2.09. The zero-order valence-corrected chi connectivity index (χ0v) is 14.7. The predicted octanol–water partition coefficient (Wildman–Crippen LogP) is 1.45. The molecule has 1 heterocycles. The molecule has 0 saturated heterocycles. The summed E-state index contributed by atoms with van der Waals surface area (Å²) in [4.78, 5) is 3.91. The van der Waals surface area contributed by atoms with Gasteiger partial charge in [0.2, 0.25) is 10.0 Å². The normalized spacial score (nSPS) is 11.7. The van der Waals surface area contributed by atoms with Crippen molar-refractivity contribution in [1.29, 1.82) is 0 Å². The summed E-state index contributed by atoms with van der Waals surface area (Å²) in [5, 5.41) is 18.5. The van der Waals surface area contributed by atoms with Crippen molar-refractivity contribution in [2.24, 2.45) is 5.14 Å². The molecule has 7 nitrogen and oxygen atoms in total. The Kier molecular flexibility index (Phi) is 4.86. The summed E-state index contributed by atoms with van der Waals surface area (Å²) in [6.45, 7) is 1.55. The maximum absolute atomic E-state index is 14.5. The number of hydrogen-bond donors (Lipinski definition) is 2. The van der Waals surface area contributed by atoms with Crippen LogP contribution < -0.4 is 5.14 Å². The van der Waals surface area contributed by atoms with Crippen LogP contribution in [0.3, 0.4) is 0 Å². The number of sulfonamides is 1. The van der Waals surface area contributed by atoms with E-state index in [2.05, 4.69) is 10.1 Å². The van der Waals surface area contributed by atoms with Crippen LogP contribution >= 0.6 is 0 Å². The first-order valence-electron chi connectivity index (χ1n) is 7.72. The molecule has 3 rings (SSSR count). The minimum Gasteiger partial charge on any atom is -0.388 e. The molecule has 0 aliphatic rings. The first-order chi connectivity index (χ1) is 12.3. The Morgan fingerprint density at radius 2 is 1.96 bits per heavy atom. The van der Waals surface area contributed by atoms with E-state index in [1.165, 1.54) is 16.8 Å². The number of benzene rings is 2. The summed E-state index contributed by atoms with van der Waals surface area (Å²) in [5.41, 5.74) is 2.04. The molecule has 3 N–H and O–H groups in total. The Balaban J connectivity index is 2.08. The standard InChI is InChI=1S/C17H17FN4O3S/c1-11-4-2-3-5-12(11)8-17-20-16(10-23)21-22(17)15-7-6-13(9-14(15)18)26(19,24)25/h2-7,9,23H,8,10H2,1H3,(H2,19,24,25). The first-order valence-corrected chi connectivity index (χ1v) is 9.27. The van der Waals surface area contributed by atoms with E-state index >= 15 is 0 Å². The van der Waals surface area contributed by atoms with Gasteiger partial charge in [0.15, 0.2) is 5.82 Å². The SMILES string of the molecule is Cc1ccccc1Cc1nc(CO)nn1-c1ccc(S(N)(=O)=O)cc1F. The van der Waals surface area contributed by atoms with Crippen molar-refractivity contribution in [3.05, 3.63) is 71.1 Å². The number of hydrogen-bond acceptors (Lipinski definition) is 5. The van der Waals surface area contributed by atoms with Crippen LogP contribution in [0.25, 0.3) is 5.69 Å². The van der Waals surface area contributed by atoms with Crippen LogP contribution in [0.15, 0.2) is 47.4 Å². The van der Waals surface area contributed by atoms with Gasteiger partial charge in [-0.25, -0.2) is 27.6 Å². The Morgan fingerprint density at radius 3 is 2.58 bits per heavy atom. The van der Waals surface area contributed by atoms with Crippen molar-refractivity contribution in [2.75, 3.05) is 0 Å². The third-order valence-electron chi connectivity index (χ3n) is 3.95. The molecular weight excluding hydrogens is 359 g/mol. The van der Waals surface area contributed by atoms with Crippen LogP contribution in [0.2, 0.25) is 0 Å². The van der Waals surface area contributed by atoms with Gasteiger partial charge in [0.1, 0.15) is 23.9 Å². The summed E-state index contributed by atoms with van der Waals surface area (Å²) in [5.74, 6) is -0.244. The van der Waals surface area contributed by atoms with Crippen molar-refractivity contribution in [2.45, 2.75) is 24.8 Å². The van der Waals surface area contributed by atoms with Gasteiger partial charge in [0.25, 0.3) is 0 Å². The third kappa shape index (κ3) is 3.64. The quantitative estimate of drug-likeness (QED) is 0.700. The number of nitrogens with zero attached hydrogens (tertiary/aromatic N) is 3. The van der Waals surface area contributed by atoms with Crippen LogP contribution in [-0.4, -0.2) is 28.3 Å². The number of aryl methyl sites for hydroxylation is 1. The Hall–Kier alpha value is -2.62. The molecule has 0 unspecified atom stereocenters. The molecule has 0 spiro atoms. The highest BCUT2D eigenvalue weighted by molar-refractivity contribution is 7.89. The van der Waals surface area contributed by atoms with Gasteiger partial charge in [0, 0.05) is 6.42 Å². The molecule has 9 heteroatoms. The number of aliphatic hydroxyl groups is 1. The second-order valence-electron chi connectivity index (χ2n) is 5.78. The average molecular weight is 376 g/mol. The zero-order chi connectivity index (χ0) is 18.9. The summed E-state index contributed by atoms with van der Waals surface area (Å²) < 4.78 is 38.5.